The Bertz CT molecular complexity index is 322. The largest absolute Gasteiger partial charge is 0.376 e. The molecule has 0 radical (unpaired) electrons. The SMILES string of the molecule is CCC(C)c1cnc2c(c1)COCC2. The maximum Gasteiger partial charge on any atom is 0.0734 e. The number of fused-ring (bicyclic) bond motifs is 1. The van der Waals surface area contributed by atoms with E-state index in [1.165, 1.54) is 23.2 Å². The Hall–Kier alpha value is -0.890. The van der Waals surface area contributed by atoms with Crippen molar-refractivity contribution in [2.75, 3.05) is 6.61 Å². The molecule has 0 saturated carbocycles. The maximum absolute atomic E-state index is 5.42. The predicted octanol–water partition coefficient (Wildman–Crippen LogP) is 2.67. The van der Waals surface area contributed by atoms with Crippen molar-refractivity contribution < 1.29 is 4.74 Å². The molecule has 2 rings (SSSR count). The molecule has 0 bridgehead atoms. The lowest BCUT2D eigenvalue weighted by Crippen LogP contribution is -2.12. The van der Waals surface area contributed by atoms with E-state index < -0.39 is 0 Å². The van der Waals surface area contributed by atoms with Crippen LogP contribution in [0.15, 0.2) is 12.3 Å². The Morgan fingerprint density at radius 3 is 3.21 bits per heavy atom. The van der Waals surface area contributed by atoms with E-state index in [-0.39, 0.29) is 0 Å². The molecule has 2 heteroatoms. The summed E-state index contributed by atoms with van der Waals surface area (Å²) in [6, 6.07) is 2.26. The average Bonchev–Trinajstić information content (AvgIpc) is 2.27. The molecule has 1 unspecified atom stereocenters. The summed E-state index contributed by atoms with van der Waals surface area (Å²) in [6.07, 6.45) is 4.16. The van der Waals surface area contributed by atoms with Crippen molar-refractivity contribution in [3.8, 4) is 0 Å². The Kier molecular flexibility index (Phi) is 2.82. The zero-order valence-corrected chi connectivity index (χ0v) is 8.92. The minimum absolute atomic E-state index is 0.606. The van der Waals surface area contributed by atoms with Gasteiger partial charge in [-0.25, -0.2) is 0 Å². The standard InChI is InChI=1S/C12H17NO/c1-3-9(2)10-6-11-8-14-5-4-12(11)13-7-10/h6-7,9H,3-5,8H2,1-2H3. The van der Waals surface area contributed by atoms with E-state index in [1.54, 1.807) is 0 Å². The Labute approximate surface area is 85.3 Å². The highest BCUT2D eigenvalue weighted by atomic mass is 16.5. The predicted molar refractivity (Wildman–Crippen MR) is 56.3 cm³/mol. The number of ether oxygens (including phenoxy) is 1. The molecule has 76 valence electrons. The highest BCUT2D eigenvalue weighted by Gasteiger charge is 2.12. The van der Waals surface area contributed by atoms with Crippen LogP contribution in [0.1, 0.15) is 43.0 Å². The zero-order valence-electron chi connectivity index (χ0n) is 8.92. The van der Waals surface area contributed by atoms with Crippen LogP contribution in [-0.4, -0.2) is 11.6 Å². The summed E-state index contributed by atoms with van der Waals surface area (Å²) in [6.45, 7) is 6.02. The van der Waals surface area contributed by atoms with Crippen LogP contribution in [0.2, 0.25) is 0 Å². The highest BCUT2D eigenvalue weighted by Crippen LogP contribution is 2.22. The summed E-state index contributed by atoms with van der Waals surface area (Å²) < 4.78 is 5.42. The van der Waals surface area contributed by atoms with E-state index in [4.69, 9.17) is 4.74 Å². The van der Waals surface area contributed by atoms with E-state index in [2.05, 4.69) is 24.9 Å². The third-order valence-electron chi connectivity index (χ3n) is 3.00. The van der Waals surface area contributed by atoms with Crippen molar-refractivity contribution in [3.05, 3.63) is 29.1 Å². The van der Waals surface area contributed by atoms with Crippen molar-refractivity contribution in [1.29, 1.82) is 0 Å². The monoisotopic (exact) mass is 191 g/mol. The molecular formula is C12H17NO. The smallest absolute Gasteiger partial charge is 0.0734 e. The third kappa shape index (κ3) is 1.80. The number of aromatic nitrogens is 1. The molecule has 0 amide bonds. The first kappa shape index (κ1) is 9.66. The molecule has 0 aromatic carbocycles. The number of hydrogen-bond donors (Lipinski definition) is 0. The number of rotatable bonds is 2. The number of hydrogen-bond acceptors (Lipinski definition) is 2. The Morgan fingerprint density at radius 2 is 2.43 bits per heavy atom. The van der Waals surface area contributed by atoms with E-state index in [0.29, 0.717) is 5.92 Å². The molecule has 2 heterocycles. The molecule has 0 fully saturated rings. The number of nitrogens with zero attached hydrogens (tertiary/aromatic N) is 1. The quantitative estimate of drug-likeness (QED) is 0.717. The summed E-state index contributed by atoms with van der Waals surface area (Å²) >= 11 is 0. The van der Waals surface area contributed by atoms with Gasteiger partial charge in [0.1, 0.15) is 0 Å². The van der Waals surface area contributed by atoms with Gasteiger partial charge < -0.3 is 4.74 Å². The van der Waals surface area contributed by atoms with Gasteiger partial charge in [0.15, 0.2) is 0 Å². The fraction of sp³-hybridized carbons (Fsp3) is 0.583. The molecule has 2 nitrogen and oxygen atoms in total. The van der Waals surface area contributed by atoms with E-state index in [9.17, 15) is 0 Å². The van der Waals surface area contributed by atoms with E-state index in [1.807, 2.05) is 6.20 Å². The van der Waals surface area contributed by atoms with Gasteiger partial charge in [-0.3, -0.25) is 4.98 Å². The van der Waals surface area contributed by atoms with Gasteiger partial charge in [-0.1, -0.05) is 13.8 Å². The minimum atomic E-state index is 0.606. The summed E-state index contributed by atoms with van der Waals surface area (Å²) in [5.41, 5.74) is 3.86. The van der Waals surface area contributed by atoms with Crippen molar-refractivity contribution >= 4 is 0 Å². The van der Waals surface area contributed by atoms with Gasteiger partial charge in [0, 0.05) is 18.3 Å². The van der Waals surface area contributed by atoms with Gasteiger partial charge >= 0.3 is 0 Å². The average molecular weight is 191 g/mol. The molecule has 1 aliphatic heterocycles. The number of pyridine rings is 1. The van der Waals surface area contributed by atoms with Crippen LogP contribution in [0.4, 0.5) is 0 Å². The van der Waals surface area contributed by atoms with Gasteiger partial charge in [0.25, 0.3) is 0 Å². The molecule has 1 aromatic heterocycles. The first-order chi connectivity index (χ1) is 6.81. The molecular weight excluding hydrogens is 174 g/mol. The highest BCUT2D eigenvalue weighted by molar-refractivity contribution is 5.28. The molecule has 0 aliphatic carbocycles. The van der Waals surface area contributed by atoms with Gasteiger partial charge in [0.2, 0.25) is 0 Å². The van der Waals surface area contributed by atoms with Gasteiger partial charge in [0.05, 0.1) is 13.2 Å². The van der Waals surface area contributed by atoms with Gasteiger partial charge in [-0.05, 0) is 29.5 Å². The maximum atomic E-state index is 5.42. The topological polar surface area (TPSA) is 22.1 Å². The Balaban J connectivity index is 2.29. The summed E-state index contributed by atoms with van der Waals surface area (Å²) in [7, 11) is 0. The first-order valence-corrected chi connectivity index (χ1v) is 5.36. The van der Waals surface area contributed by atoms with Crippen LogP contribution < -0.4 is 0 Å². The van der Waals surface area contributed by atoms with Crippen molar-refractivity contribution in [3.63, 3.8) is 0 Å². The molecule has 0 saturated heterocycles. The lowest BCUT2D eigenvalue weighted by atomic mass is 9.97. The zero-order chi connectivity index (χ0) is 9.97. The molecule has 1 aromatic rings. The minimum Gasteiger partial charge on any atom is -0.376 e. The first-order valence-electron chi connectivity index (χ1n) is 5.36. The van der Waals surface area contributed by atoms with E-state index in [0.717, 1.165) is 19.6 Å². The van der Waals surface area contributed by atoms with Crippen molar-refractivity contribution in [1.82, 2.24) is 4.98 Å². The van der Waals surface area contributed by atoms with Crippen LogP contribution in [0.5, 0.6) is 0 Å². The van der Waals surface area contributed by atoms with Crippen LogP contribution >= 0.6 is 0 Å². The lowest BCUT2D eigenvalue weighted by Gasteiger charge is -2.17. The normalized spacial score (nSPS) is 17.6. The van der Waals surface area contributed by atoms with Gasteiger partial charge in [-0.2, -0.15) is 0 Å². The second-order valence-corrected chi connectivity index (χ2v) is 3.99. The van der Waals surface area contributed by atoms with Crippen LogP contribution in [0, 0.1) is 0 Å². The fourth-order valence-electron chi connectivity index (χ4n) is 1.76. The summed E-state index contributed by atoms with van der Waals surface area (Å²) in [4.78, 5) is 4.51. The van der Waals surface area contributed by atoms with Crippen LogP contribution in [0.25, 0.3) is 0 Å². The molecule has 14 heavy (non-hydrogen) atoms. The van der Waals surface area contributed by atoms with Gasteiger partial charge in [-0.15, -0.1) is 0 Å². The summed E-state index contributed by atoms with van der Waals surface area (Å²) in [5, 5.41) is 0. The fourth-order valence-corrected chi connectivity index (χ4v) is 1.76. The lowest BCUT2D eigenvalue weighted by molar-refractivity contribution is 0.109. The Morgan fingerprint density at radius 1 is 1.57 bits per heavy atom. The van der Waals surface area contributed by atoms with Crippen molar-refractivity contribution in [2.45, 2.75) is 39.2 Å². The van der Waals surface area contributed by atoms with Crippen molar-refractivity contribution in [2.24, 2.45) is 0 Å². The molecule has 1 aliphatic rings. The van der Waals surface area contributed by atoms with E-state index >= 15 is 0 Å². The van der Waals surface area contributed by atoms with Crippen LogP contribution in [-0.2, 0) is 17.8 Å². The second kappa shape index (κ2) is 4.09. The third-order valence-corrected chi connectivity index (χ3v) is 3.00. The molecule has 0 spiro atoms. The molecule has 1 atom stereocenters. The molecule has 0 N–H and O–H groups in total. The second-order valence-electron chi connectivity index (χ2n) is 3.99. The summed E-state index contributed by atoms with van der Waals surface area (Å²) in [5.74, 6) is 0.606. The van der Waals surface area contributed by atoms with Crippen LogP contribution in [0.3, 0.4) is 0 Å².